The minimum absolute atomic E-state index is 0.235. The van der Waals surface area contributed by atoms with Crippen molar-refractivity contribution in [2.75, 3.05) is 6.61 Å². The first-order valence-electron chi connectivity index (χ1n) is 5.42. The summed E-state index contributed by atoms with van der Waals surface area (Å²) in [5, 5.41) is 0. The molecule has 0 atom stereocenters. The average Bonchev–Trinajstić information content (AvgIpc) is 2.36. The predicted molar refractivity (Wildman–Crippen MR) is 70.3 cm³/mol. The van der Waals surface area contributed by atoms with Crippen LogP contribution in [0, 0.1) is 11.6 Å². The molecule has 0 unspecified atom stereocenters. The van der Waals surface area contributed by atoms with Crippen LogP contribution in [-0.4, -0.2) is 12.4 Å². The Bertz CT molecular complexity index is 577. The number of benzene rings is 2. The summed E-state index contributed by atoms with van der Waals surface area (Å²) in [5.74, 6) is -0.923. The van der Waals surface area contributed by atoms with Crippen LogP contribution in [0.15, 0.2) is 46.9 Å². The van der Waals surface area contributed by atoms with Gasteiger partial charge in [-0.1, -0.05) is 15.9 Å². The van der Waals surface area contributed by atoms with Gasteiger partial charge in [0.1, 0.15) is 17.4 Å². The minimum atomic E-state index is -0.460. The maximum atomic E-state index is 13.1. The normalized spacial score (nSPS) is 10.3. The quantitative estimate of drug-likeness (QED) is 0.794. The molecule has 0 saturated heterocycles. The highest BCUT2D eigenvalue weighted by Gasteiger charge is 2.08. The van der Waals surface area contributed by atoms with Crippen LogP contribution in [0.25, 0.3) is 0 Å². The molecule has 0 fully saturated rings. The molecule has 98 valence electrons. The van der Waals surface area contributed by atoms with Gasteiger partial charge in [0, 0.05) is 16.1 Å². The van der Waals surface area contributed by atoms with Gasteiger partial charge in [-0.25, -0.2) is 8.78 Å². The second kappa shape index (κ2) is 5.93. The van der Waals surface area contributed by atoms with E-state index in [0.29, 0.717) is 10.0 Å². The smallest absolute Gasteiger partial charge is 0.200 e. The third-order valence-corrected chi connectivity index (χ3v) is 2.83. The lowest BCUT2D eigenvalue weighted by Gasteiger charge is -2.06. The zero-order valence-electron chi connectivity index (χ0n) is 9.70. The number of hydrogen-bond donors (Lipinski definition) is 0. The number of ketones is 1. The van der Waals surface area contributed by atoms with E-state index < -0.39 is 11.6 Å². The van der Waals surface area contributed by atoms with Gasteiger partial charge in [-0.15, -0.1) is 0 Å². The summed E-state index contributed by atoms with van der Waals surface area (Å²) in [6.45, 7) is -0.235. The molecule has 2 nitrogen and oxygen atoms in total. The molecule has 0 bridgehead atoms. The number of rotatable bonds is 4. The van der Waals surface area contributed by atoms with E-state index in [4.69, 9.17) is 4.74 Å². The topological polar surface area (TPSA) is 26.3 Å². The Morgan fingerprint density at radius 1 is 1.05 bits per heavy atom. The van der Waals surface area contributed by atoms with Gasteiger partial charge in [0.2, 0.25) is 0 Å². The molecule has 0 N–H and O–H groups in total. The first-order chi connectivity index (χ1) is 9.04. The molecule has 0 aliphatic rings. The van der Waals surface area contributed by atoms with Gasteiger partial charge in [0.25, 0.3) is 0 Å². The molecule has 0 aliphatic carbocycles. The van der Waals surface area contributed by atoms with Crippen molar-refractivity contribution in [3.05, 3.63) is 64.1 Å². The predicted octanol–water partition coefficient (Wildman–Crippen LogP) is 3.99. The number of Topliss-reactive ketones (excluding diaryl/α,β-unsaturated/α-hetero) is 1. The van der Waals surface area contributed by atoms with E-state index in [1.807, 2.05) is 0 Å². The fourth-order valence-electron chi connectivity index (χ4n) is 1.48. The van der Waals surface area contributed by atoms with E-state index in [9.17, 15) is 13.6 Å². The molecular weight excluding hydrogens is 318 g/mol. The van der Waals surface area contributed by atoms with Gasteiger partial charge in [-0.05, 0) is 36.4 Å². The summed E-state index contributed by atoms with van der Waals surface area (Å²) in [6.07, 6.45) is 0. The molecule has 19 heavy (non-hydrogen) atoms. The fourth-order valence-corrected chi connectivity index (χ4v) is 1.92. The molecule has 2 rings (SSSR count). The summed E-state index contributed by atoms with van der Waals surface area (Å²) in [4.78, 5) is 11.7. The Hall–Kier alpha value is -1.75. The zero-order valence-corrected chi connectivity index (χ0v) is 11.3. The molecule has 0 aromatic heterocycles. The van der Waals surface area contributed by atoms with Crippen molar-refractivity contribution in [3.63, 3.8) is 0 Å². The number of carbonyl (C=O) groups is 1. The van der Waals surface area contributed by atoms with Gasteiger partial charge in [0.15, 0.2) is 12.4 Å². The van der Waals surface area contributed by atoms with Gasteiger partial charge in [0.05, 0.1) is 0 Å². The second-order valence-corrected chi connectivity index (χ2v) is 4.74. The lowest BCUT2D eigenvalue weighted by molar-refractivity contribution is 0.0921. The average molecular weight is 327 g/mol. The third kappa shape index (κ3) is 3.86. The van der Waals surface area contributed by atoms with Crippen LogP contribution >= 0.6 is 15.9 Å². The van der Waals surface area contributed by atoms with Gasteiger partial charge >= 0.3 is 0 Å². The first-order valence-corrected chi connectivity index (χ1v) is 6.21. The van der Waals surface area contributed by atoms with Crippen LogP contribution < -0.4 is 4.74 Å². The van der Waals surface area contributed by atoms with Gasteiger partial charge in [-0.3, -0.25) is 4.79 Å². The summed E-state index contributed by atoms with van der Waals surface area (Å²) in [6, 6.07) is 9.18. The van der Waals surface area contributed by atoms with E-state index >= 15 is 0 Å². The molecule has 0 amide bonds. The number of carbonyl (C=O) groups excluding carboxylic acids is 1. The van der Waals surface area contributed by atoms with E-state index in [2.05, 4.69) is 15.9 Å². The standard InChI is InChI=1S/C14H9BrF2O2/c15-10-5-12(17)7-13(6-10)19-8-14(18)9-1-3-11(16)4-2-9/h1-7H,8H2. The summed E-state index contributed by atoms with van der Waals surface area (Å²) < 4.78 is 31.5. The maximum absolute atomic E-state index is 13.1. The minimum Gasteiger partial charge on any atom is -0.485 e. The largest absolute Gasteiger partial charge is 0.485 e. The number of hydrogen-bond acceptors (Lipinski definition) is 2. The highest BCUT2D eigenvalue weighted by molar-refractivity contribution is 9.10. The summed E-state index contributed by atoms with van der Waals surface area (Å²) in [5.41, 5.74) is 0.344. The van der Waals surface area contributed by atoms with Gasteiger partial charge < -0.3 is 4.74 Å². The highest BCUT2D eigenvalue weighted by Crippen LogP contribution is 2.20. The Morgan fingerprint density at radius 3 is 2.37 bits per heavy atom. The molecule has 0 aliphatic heterocycles. The first kappa shape index (κ1) is 13.7. The monoisotopic (exact) mass is 326 g/mol. The molecule has 0 saturated carbocycles. The van der Waals surface area contributed by atoms with Crippen LogP contribution in [-0.2, 0) is 0 Å². The third-order valence-electron chi connectivity index (χ3n) is 2.37. The van der Waals surface area contributed by atoms with E-state index in [1.54, 1.807) is 6.07 Å². The Kier molecular flexibility index (Phi) is 4.27. The number of halogens is 3. The molecule has 0 radical (unpaired) electrons. The molecule has 0 spiro atoms. The van der Waals surface area contributed by atoms with Crippen molar-refractivity contribution in [1.29, 1.82) is 0 Å². The van der Waals surface area contributed by atoms with Crippen molar-refractivity contribution < 1.29 is 18.3 Å². The summed E-state index contributed by atoms with van der Waals surface area (Å²) in [7, 11) is 0. The van der Waals surface area contributed by atoms with Crippen LogP contribution in [0.4, 0.5) is 8.78 Å². The molecule has 2 aromatic carbocycles. The number of ether oxygens (including phenoxy) is 1. The second-order valence-electron chi connectivity index (χ2n) is 3.82. The van der Waals surface area contributed by atoms with Crippen molar-refractivity contribution in [2.24, 2.45) is 0 Å². The maximum Gasteiger partial charge on any atom is 0.200 e. The lowest BCUT2D eigenvalue weighted by atomic mass is 10.1. The molecule has 5 heteroatoms. The zero-order chi connectivity index (χ0) is 13.8. The Balaban J connectivity index is 2.02. The Morgan fingerprint density at radius 2 is 1.74 bits per heavy atom. The van der Waals surface area contributed by atoms with E-state index in [1.165, 1.54) is 36.4 Å². The summed E-state index contributed by atoms with van der Waals surface area (Å²) >= 11 is 3.13. The van der Waals surface area contributed by atoms with Crippen LogP contribution in [0.3, 0.4) is 0 Å². The van der Waals surface area contributed by atoms with E-state index in [0.717, 1.165) is 0 Å². The van der Waals surface area contributed by atoms with E-state index in [-0.39, 0.29) is 18.1 Å². The fraction of sp³-hybridized carbons (Fsp3) is 0.0714. The molecule has 2 aromatic rings. The lowest BCUT2D eigenvalue weighted by Crippen LogP contribution is -2.11. The van der Waals surface area contributed by atoms with Crippen molar-refractivity contribution >= 4 is 21.7 Å². The molecular formula is C14H9BrF2O2. The van der Waals surface area contributed by atoms with Crippen LogP contribution in [0.1, 0.15) is 10.4 Å². The van der Waals surface area contributed by atoms with Gasteiger partial charge in [-0.2, -0.15) is 0 Å². The molecule has 0 heterocycles. The van der Waals surface area contributed by atoms with Crippen LogP contribution in [0.2, 0.25) is 0 Å². The van der Waals surface area contributed by atoms with Crippen molar-refractivity contribution in [2.45, 2.75) is 0 Å². The van der Waals surface area contributed by atoms with Crippen molar-refractivity contribution in [1.82, 2.24) is 0 Å². The van der Waals surface area contributed by atoms with Crippen LogP contribution in [0.5, 0.6) is 5.75 Å². The van der Waals surface area contributed by atoms with Crippen molar-refractivity contribution in [3.8, 4) is 5.75 Å². The SMILES string of the molecule is O=C(COc1cc(F)cc(Br)c1)c1ccc(F)cc1. The highest BCUT2D eigenvalue weighted by atomic mass is 79.9. The Labute approximate surface area is 117 Å².